The second-order valence-electron chi connectivity index (χ2n) is 8.23. The quantitative estimate of drug-likeness (QED) is 0.466. The molecule has 0 atom stereocenters. The van der Waals surface area contributed by atoms with Crippen LogP contribution in [0, 0.1) is 11.8 Å². The predicted molar refractivity (Wildman–Crippen MR) is 127 cm³/mol. The second-order valence-corrected chi connectivity index (χ2v) is 8.23. The minimum absolute atomic E-state index is 0.196. The fraction of sp³-hybridized carbons (Fsp3) is 0.240. The van der Waals surface area contributed by atoms with E-state index in [4.69, 9.17) is 0 Å². The van der Waals surface area contributed by atoms with Crippen LogP contribution in [0.4, 0.5) is 0 Å². The molecule has 0 saturated heterocycles. The lowest BCUT2D eigenvalue weighted by Crippen LogP contribution is -2.47. The van der Waals surface area contributed by atoms with Gasteiger partial charge in [0.05, 0.1) is 18.7 Å². The summed E-state index contributed by atoms with van der Waals surface area (Å²) in [5.41, 5.74) is 3.58. The van der Waals surface area contributed by atoms with Gasteiger partial charge in [-0.25, -0.2) is 9.89 Å². The summed E-state index contributed by atoms with van der Waals surface area (Å²) in [5.74, 6) is 6.93. The number of rotatable bonds is 4. The summed E-state index contributed by atoms with van der Waals surface area (Å²) in [4.78, 5) is 28.5. The lowest BCUT2D eigenvalue weighted by Gasteiger charge is -2.28. The average molecular weight is 454 g/mol. The molecule has 1 aliphatic rings. The smallest absolute Gasteiger partial charge is 0.300 e. The van der Waals surface area contributed by atoms with Gasteiger partial charge in [-0.15, -0.1) is 5.10 Å². The molecule has 0 fully saturated rings. The van der Waals surface area contributed by atoms with E-state index in [1.54, 1.807) is 11.6 Å². The average Bonchev–Trinajstić information content (AvgIpc) is 3.41. The highest BCUT2D eigenvalue weighted by Crippen LogP contribution is 2.16. The molecule has 0 saturated carbocycles. The number of hydrogen-bond acceptors (Lipinski definition) is 6. The molecule has 170 valence electrons. The molecular weight excluding hydrogens is 430 g/mol. The summed E-state index contributed by atoms with van der Waals surface area (Å²) >= 11 is 0. The summed E-state index contributed by atoms with van der Waals surface area (Å²) in [6.45, 7) is 1.99. The topological polar surface area (TPSA) is 102 Å². The first-order valence-electron chi connectivity index (χ1n) is 11.0. The van der Waals surface area contributed by atoms with Crippen LogP contribution in [0.1, 0.15) is 22.4 Å². The van der Waals surface area contributed by atoms with Gasteiger partial charge in [0.1, 0.15) is 0 Å². The zero-order chi connectivity index (χ0) is 23.5. The largest absolute Gasteiger partial charge is 0.331 e. The minimum Gasteiger partial charge on any atom is -0.300 e. The van der Waals surface area contributed by atoms with Crippen molar-refractivity contribution in [3.8, 4) is 23.2 Å². The van der Waals surface area contributed by atoms with Gasteiger partial charge in [0.25, 0.3) is 5.56 Å². The Bertz CT molecular complexity index is 1480. The van der Waals surface area contributed by atoms with Crippen molar-refractivity contribution in [3.63, 3.8) is 0 Å². The summed E-state index contributed by atoms with van der Waals surface area (Å²) < 4.78 is 2.92. The zero-order valence-corrected chi connectivity index (χ0v) is 18.7. The zero-order valence-electron chi connectivity index (χ0n) is 18.7. The standard InChI is InChI=1S/C25H23N7O2/c1-30-22-13-15-31(14-5-8-18-6-3-2-4-7-18)17-21(22)24(33)32(25(30)34)16-19-9-11-20(12-10-19)23-26-28-29-27-23/h2-4,6-7,9-12H,13-17H2,1H3,(H,26,27,28,29). The molecule has 9 heteroatoms. The minimum atomic E-state index is -0.301. The third-order valence-corrected chi connectivity index (χ3v) is 6.04. The van der Waals surface area contributed by atoms with E-state index in [0.29, 0.717) is 30.9 Å². The molecular formula is C25H23N7O2. The molecule has 3 heterocycles. The van der Waals surface area contributed by atoms with Gasteiger partial charge < -0.3 is 4.57 Å². The number of hydrogen-bond donors (Lipinski definition) is 1. The van der Waals surface area contributed by atoms with Crippen molar-refractivity contribution in [2.75, 3.05) is 13.1 Å². The van der Waals surface area contributed by atoms with Crippen molar-refractivity contribution in [1.82, 2.24) is 34.7 Å². The summed E-state index contributed by atoms with van der Waals surface area (Å²) in [7, 11) is 1.74. The highest BCUT2D eigenvalue weighted by Gasteiger charge is 2.23. The van der Waals surface area contributed by atoms with E-state index in [1.807, 2.05) is 54.6 Å². The van der Waals surface area contributed by atoms with Crippen molar-refractivity contribution >= 4 is 0 Å². The Kier molecular flexibility index (Phi) is 5.89. The molecule has 2 aromatic carbocycles. The van der Waals surface area contributed by atoms with Crippen LogP contribution in [-0.2, 0) is 26.6 Å². The third-order valence-electron chi connectivity index (χ3n) is 6.04. The fourth-order valence-corrected chi connectivity index (χ4v) is 4.20. The van der Waals surface area contributed by atoms with E-state index in [1.165, 1.54) is 4.57 Å². The molecule has 2 aromatic heterocycles. The molecule has 0 bridgehead atoms. The van der Waals surface area contributed by atoms with Gasteiger partial charge >= 0.3 is 5.69 Å². The Morgan fingerprint density at radius 3 is 2.59 bits per heavy atom. The number of aromatic nitrogens is 6. The molecule has 0 aliphatic carbocycles. The van der Waals surface area contributed by atoms with Crippen LogP contribution in [0.5, 0.6) is 0 Å². The van der Waals surface area contributed by atoms with Gasteiger partial charge in [-0.2, -0.15) is 0 Å². The van der Waals surface area contributed by atoms with Gasteiger partial charge in [0.2, 0.25) is 0 Å². The predicted octanol–water partition coefficient (Wildman–Crippen LogP) is 1.19. The normalized spacial score (nSPS) is 13.2. The van der Waals surface area contributed by atoms with Crippen molar-refractivity contribution in [3.05, 3.63) is 97.8 Å². The lowest BCUT2D eigenvalue weighted by atomic mass is 10.1. The van der Waals surface area contributed by atoms with Crippen molar-refractivity contribution in [2.24, 2.45) is 7.05 Å². The lowest BCUT2D eigenvalue weighted by molar-refractivity contribution is 0.275. The molecule has 1 N–H and O–H groups in total. The van der Waals surface area contributed by atoms with Crippen LogP contribution >= 0.6 is 0 Å². The van der Waals surface area contributed by atoms with Crippen LogP contribution in [0.2, 0.25) is 0 Å². The Morgan fingerprint density at radius 1 is 1.06 bits per heavy atom. The molecule has 9 nitrogen and oxygen atoms in total. The molecule has 0 amide bonds. The monoisotopic (exact) mass is 453 g/mol. The van der Waals surface area contributed by atoms with Crippen LogP contribution < -0.4 is 11.2 Å². The highest BCUT2D eigenvalue weighted by atomic mass is 16.2. The fourth-order valence-electron chi connectivity index (χ4n) is 4.20. The number of benzene rings is 2. The van der Waals surface area contributed by atoms with E-state index >= 15 is 0 Å². The van der Waals surface area contributed by atoms with E-state index in [9.17, 15) is 9.59 Å². The summed E-state index contributed by atoms with van der Waals surface area (Å²) in [6, 6.07) is 17.3. The maximum absolute atomic E-state index is 13.3. The van der Waals surface area contributed by atoms with Gasteiger partial charge in [0, 0.05) is 43.4 Å². The molecule has 0 unspecified atom stereocenters. The van der Waals surface area contributed by atoms with Crippen molar-refractivity contribution in [2.45, 2.75) is 19.5 Å². The molecule has 1 aliphatic heterocycles. The number of nitrogens with one attached hydrogen (secondary N) is 1. The van der Waals surface area contributed by atoms with Gasteiger partial charge in [0.15, 0.2) is 5.82 Å². The maximum Gasteiger partial charge on any atom is 0.331 e. The van der Waals surface area contributed by atoms with Crippen LogP contribution in [0.3, 0.4) is 0 Å². The molecule has 5 rings (SSSR count). The molecule has 34 heavy (non-hydrogen) atoms. The van der Waals surface area contributed by atoms with E-state index < -0.39 is 0 Å². The van der Waals surface area contributed by atoms with Gasteiger partial charge in [-0.1, -0.05) is 54.3 Å². The Hall–Kier alpha value is -4.29. The SMILES string of the molecule is Cn1c2c(c(=O)n(Cc3ccc(-c4nnn[nH]4)cc3)c1=O)CN(CC#Cc1ccccc1)CC2. The van der Waals surface area contributed by atoms with Crippen LogP contribution in [0.15, 0.2) is 64.2 Å². The highest BCUT2D eigenvalue weighted by molar-refractivity contribution is 5.54. The van der Waals surface area contributed by atoms with E-state index in [0.717, 1.165) is 28.9 Å². The molecule has 0 spiro atoms. The number of tetrazole rings is 1. The van der Waals surface area contributed by atoms with Crippen molar-refractivity contribution in [1.29, 1.82) is 0 Å². The number of aromatic amines is 1. The summed E-state index contributed by atoms with van der Waals surface area (Å²) in [6.07, 6.45) is 0.643. The third kappa shape index (κ3) is 4.31. The number of nitrogens with zero attached hydrogens (tertiary/aromatic N) is 6. The molecule has 4 aromatic rings. The van der Waals surface area contributed by atoms with E-state index in [2.05, 4.69) is 37.4 Å². The Balaban J connectivity index is 1.38. The van der Waals surface area contributed by atoms with Crippen molar-refractivity contribution < 1.29 is 0 Å². The van der Waals surface area contributed by atoms with E-state index in [-0.39, 0.29) is 17.8 Å². The summed E-state index contributed by atoms with van der Waals surface area (Å²) in [5, 5.41) is 13.8. The number of H-pyrrole nitrogens is 1. The van der Waals surface area contributed by atoms with Crippen LogP contribution in [-0.4, -0.2) is 47.7 Å². The number of fused-ring (bicyclic) bond motifs is 1. The Labute approximate surface area is 195 Å². The van der Waals surface area contributed by atoms with Crippen LogP contribution in [0.25, 0.3) is 11.4 Å². The first kappa shape index (κ1) is 21.6. The first-order valence-corrected chi connectivity index (χ1v) is 11.0. The Morgan fingerprint density at radius 2 is 1.85 bits per heavy atom. The molecule has 0 radical (unpaired) electrons. The second kappa shape index (κ2) is 9.29. The first-order chi connectivity index (χ1) is 16.6. The maximum atomic E-state index is 13.3. The van der Waals surface area contributed by atoms with Gasteiger partial charge in [-0.05, 0) is 28.1 Å². The van der Waals surface area contributed by atoms with Gasteiger partial charge in [-0.3, -0.25) is 14.3 Å².